The summed E-state index contributed by atoms with van der Waals surface area (Å²) in [6.45, 7) is 3.74. The lowest BCUT2D eigenvalue weighted by Gasteiger charge is -2.02. The molecule has 0 fully saturated rings. The first kappa shape index (κ1) is 11.2. The number of hydrogen-bond donors (Lipinski definition) is 4. The van der Waals surface area contributed by atoms with Gasteiger partial charge in [0.05, 0.1) is 17.6 Å². The summed E-state index contributed by atoms with van der Waals surface area (Å²) >= 11 is 0. The molecule has 0 aliphatic carbocycles. The average Bonchev–Trinajstić information content (AvgIpc) is 2.87. The first-order valence-electron chi connectivity index (χ1n) is 5.27. The third kappa shape index (κ3) is 1.99. The predicted molar refractivity (Wildman–Crippen MR) is 63.7 cm³/mol. The molecule has 0 atom stereocenters. The molecule has 0 spiro atoms. The van der Waals surface area contributed by atoms with Crippen LogP contribution in [0.25, 0.3) is 0 Å². The number of nitrogen functional groups attached to an aromatic ring is 1. The summed E-state index contributed by atoms with van der Waals surface area (Å²) in [5.41, 5.74) is 7.89. The fourth-order valence-corrected chi connectivity index (χ4v) is 1.47. The van der Waals surface area contributed by atoms with Crippen molar-refractivity contribution in [2.24, 2.45) is 0 Å². The second-order valence-corrected chi connectivity index (χ2v) is 3.69. The zero-order valence-corrected chi connectivity index (χ0v) is 9.66. The number of nitrogens with zero attached hydrogens (tertiary/aromatic N) is 2. The van der Waals surface area contributed by atoms with Crippen molar-refractivity contribution in [1.29, 1.82) is 0 Å². The van der Waals surface area contributed by atoms with E-state index in [1.807, 2.05) is 6.92 Å². The Morgan fingerprint density at radius 2 is 2.29 bits per heavy atom. The van der Waals surface area contributed by atoms with E-state index >= 15 is 0 Å². The minimum Gasteiger partial charge on any atom is -0.395 e. The molecule has 0 saturated heterocycles. The Balaban J connectivity index is 2.20. The molecule has 7 heteroatoms. The van der Waals surface area contributed by atoms with Gasteiger partial charge in [-0.2, -0.15) is 10.2 Å². The highest BCUT2D eigenvalue weighted by Crippen LogP contribution is 2.16. The Bertz CT molecular complexity index is 541. The molecular weight excluding hydrogens is 220 g/mol. The molecule has 0 bridgehead atoms. The first-order chi connectivity index (χ1) is 8.13. The van der Waals surface area contributed by atoms with E-state index in [1.165, 1.54) is 0 Å². The Morgan fingerprint density at radius 1 is 1.53 bits per heavy atom. The summed E-state index contributed by atoms with van der Waals surface area (Å²) < 4.78 is 0. The number of H-pyrrole nitrogens is 2. The average molecular weight is 234 g/mol. The van der Waals surface area contributed by atoms with Crippen LogP contribution < -0.4 is 11.1 Å². The number of carbonyl (C=O) groups excluding carboxylic acids is 1. The zero-order valence-electron chi connectivity index (χ0n) is 9.66. The van der Waals surface area contributed by atoms with Gasteiger partial charge in [0.25, 0.3) is 5.91 Å². The van der Waals surface area contributed by atoms with Crippen LogP contribution in [0.4, 0.5) is 11.5 Å². The molecule has 0 aliphatic rings. The van der Waals surface area contributed by atoms with Crippen LogP contribution in [0, 0.1) is 6.92 Å². The van der Waals surface area contributed by atoms with Crippen molar-refractivity contribution >= 4 is 17.4 Å². The summed E-state index contributed by atoms with van der Waals surface area (Å²) in [7, 11) is 0. The van der Waals surface area contributed by atoms with E-state index in [0.29, 0.717) is 17.2 Å². The monoisotopic (exact) mass is 234 g/mol. The molecule has 0 unspecified atom stereocenters. The maximum absolute atomic E-state index is 11.9. The number of aromatic nitrogens is 4. The van der Waals surface area contributed by atoms with Crippen LogP contribution in [0.15, 0.2) is 6.20 Å². The van der Waals surface area contributed by atoms with Crippen LogP contribution >= 0.6 is 0 Å². The Morgan fingerprint density at radius 3 is 2.88 bits per heavy atom. The molecular formula is C10H14N6O. The van der Waals surface area contributed by atoms with E-state index in [9.17, 15) is 4.79 Å². The van der Waals surface area contributed by atoms with Gasteiger partial charge in [-0.05, 0) is 13.3 Å². The maximum Gasteiger partial charge on any atom is 0.279 e. The van der Waals surface area contributed by atoms with Crippen molar-refractivity contribution in [3.63, 3.8) is 0 Å². The van der Waals surface area contributed by atoms with Crippen LogP contribution in [0.3, 0.4) is 0 Å². The van der Waals surface area contributed by atoms with Crippen LogP contribution in [0.1, 0.15) is 28.7 Å². The van der Waals surface area contributed by atoms with Crippen LogP contribution in [0.5, 0.6) is 0 Å². The number of nitrogens with one attached hydrogen (secondary N) is 3. The fraction of sp³-hybridized carbons (Fsp3) is 0.300. The highest BCUT2D eigenvalue weighted by molar-refractivity contribution is 6.06. The highest BCUT2D eigenvalue weighted by atomic mass is 16.2. The number of aromatic amines is 2. The van der Waals surface area contributed by atoms with Gasteiger partial charge in [0.15, 0.2) is 5.69 Å². The van der Waals surface area contributed by atoms with Gasteiger partial charge in [-0.15, -0.1) is 0 Å². The number of hydrogen-bond acceptors (Lipinski definition) is 4. The molecule has 2 rings (SSSR count). The van der Waals surface area contributed by atoms with Gasteiger partial charge < -0.3 is 11.1 Å². The minimum atomic E-state index is -0.356. The van der Waals surface area contributed by atoms with E-state index in [1.54, 1.807) is 13.1 Å². The lowest BCUT2D eigenvalue weighted by molar-refractivity contribution is 0.102. The SMILES string of the molecule is CCc1cn[nH]c1NC(=O)c1n[nH]c(C)c1N. The molecule has 0 radical (unpaired) electrons. The molecule has 5 N–H and O–H groups in total. The van der Waals surface area contributed by atoms with Gasteiger partial charge in [-0.1, -0.05) is 6.92 Å². The van der Waals surface area contributed by atoms with Crippen LogP contribution in [-0.4, -0.2) is 26.3 Å². The quantitative estimate of drug-likeness (QED) is 0.630. The number of carbonyl (C=O) groups is 1. The molecule has 17 heavy (non-hydrogen) atoms. The Hall–Kier alpha value is -2.31. The van der Waals surface area contributed by atoms with Gasteiger partial charge in [0.2, 0.25) is 0 Å². The summed E-state index contributed by atoms with van der Waals surface area (Å²) in [6, 6.07) is 0. The number of nitrogens with two attached hydrogens (primary N) is 1. The lowest BCUT2D eigenvalue weighted by atomic mass is 10.2. The Kier molecular flexibility index (Phi) is 2.82. The summed E-state index contributed by atoms with van der Waals surface area (Å²) in [6.07, 6.45) is 2.45. The van der Waals surface area contributed by atoms with Gasteiger partial charge in [0.1, 0.15) is 5.82 Å². The predicted octanol–water partition coefficient (Wildman–Crippen LogP) is 0.838. The minimum absolute atomic E-state index is 0.194. The first-order valence-corrected chi connectivity index (χ1v) is 5.27. The number of amides is 1. The van der Waals surface area contributed by atoms with Crippen molar-refractivity contribution in [3.05, 3.63) is 23.1 Å². The maximum atomic E-state index is 11.9. The smallest absolute Gasteiger partial charge is 0.279 e. The van der Waals surface area contributed by atoms with Crippen LogP contribution in [-0.2, 0) is 6.42 Å². The molecule has 1 amide bonds. The highest BCUT2D eigenvalue weighted by Gasteiger charge is 2.16. The molecule has 0 aliphatic heterocycles. The summed E-state index contributed by atoms with van der Waals surface area (Å²) in [4.78, 5) is 11.9. The number of rotatable bonds is 3. The van der Waals surface area contributed by atoms with Crippen molar-refractivity contribution < 1.29 is 4.79 Å². The van der Waals surface area contributed by atoms with Crippen molar-refractivity contribution in [3.8, 4) is 0 Å². The van der Waals surface area contributed by atoms with E-state index in [-0.39, 0.29) is 11.6 Å². The molecule has 90 valence electrons. The van der Waals surface area contributed by atoms with Gasteiger partial charge in [-0.25, -0.2) is 0 Å². The summed E-state index contributed by atoms with van der Waals surface area (Å²) in [5, 5.41) is 15.8. The topological polar surface area (TPSA) is 112 Å². The number of anilines is 2. The second-order valence-electron chi connectivity index (χ2n) is 3.69. The largest absolute Gasteiger partial charge is 0.395 e. The zero-order chi connectivity index (χ0) is 12.4. The molecule has 0 saturated carbocycles. The van der Waals surface area contributed by atoms with Gasteiger partial charge in [0, 0.05) is 5.56 Å². The van der Waals surface area contributed by atoms with Crippen molar-refractivity contribution in [2.75, 3.05) is 11.1 Å². The Labute approximate surface area is 97.8 Å². The fourth-order valence-electron chi connectivity index (χ4n) is 1.47. The third-order valence-corrected chi connectivity index (χ3v) is 2.55. The van der Waals surface area contributed by atoms with Gasteiger partial charge in [-0.3, -0.25) is 15.0 Å². The van der Waals surface area contributed by atoms with Crippen LogP contribution in [0.2, 0.25) is 0 Å². The second kappa shape index (κ2) is 4.28. The van der Waals surface area contributed by atoms with E-state index in [0.717, 1.165) is 12.0 Å². The molecule has 2 heterocycles. The molecule has 2 aromatic rings. The van der Waals surface area contributed by atoms with Crippen molar-refractivity contribution in [2.45, 2.75) is 20.3 Å². The van der Waals surface area contributed by atoms with Crippen molar-refractivity contribution in [1.82, 2.24) is 20.4 Å². The molecule has 0 aromatic carbocycles. The van der Waals surface area contributed by atoms with E-state index in [4.69, 9.17) is 5.73 Å². The third-order valence-electron chi connectivity index (χ3n) is 2.55. The van der Waals surface area contributed by atoms with E-state index in [2.05, 4.69) is 25.7 Å². The summed E-state index contributed by atoms with van der Waals surface area (Å²) in [5.74, 6) is 0.225. The standard InChI is InChI=1S/C10H14N6O/c1-3-6-4-12-16-9(6)13-10(17)8-7(11)5(2)14-15-8/h4H,3,11H2,1-2H3,(H,14,15)(H2,12,13,16,17). The molecule has 7 nitrogen and oxygen atoms in total. The lowest BCUT2D eigenvalue weighted by Crippen LogP contribution is -2.15. The molecule has 2 aromatic heterocycles. The van der Waals surface area contributed by atoms with Gasteiger partial charge >= 0.3 is 0 Å². The van der Waals surface area contributed by atoms with E-state index < -0.39 is 0 Å². The number of aryl methyl sites for hydroxylation is 2. The normalized spacial score (nSPS) is 10.5.